The second-order valence-corrected chi connectivity index (χ2v) is 6.51. The molecular weight excluding hydrogens is 228 g/mol. The molecule has 92 valence electrons. The van der Waals surface area contributed by atoms with Gasteiger partial charge in [-0.2, -0.15) is 0 Å². The fraction of sp³-hybridized carbons (Fsp3) is 0.500. The maximum absolute atomic E-state index is 4.28. The van der Waals surface area contributed by atoms with Gasteiger partial charge in [-0.3, -0.25) is 0 Å². The van der Waals surface area contributed by atoms with Gasteiger partial charge in [0.05, 0.1) is 15.7 Å². The quantitative estimate of drug-likeness (QED) is 0.804. The third-order valence-electron chi connectivity index (χ3n) is 2.76. The van der Waals surface area contributed by atoms with Gasteiger partial charge in [-0.25, -0.2) is 4.98 Å². The van der Waals surface area contributed by atoms with Crippen molar-refractivity contribution in [2.45, 2.75) is 33.6 Å². The highest BCUT2D eigenvalue weighted by Gasteiger charge is 2.08. The van der Waals surface area contributed by atoms with Crippen LogP contribution in [0.15, 0.2) is 23.7 Å². The topological polar surface area (TPSA) is 24.9 Å². The van der Waals surface area contributed by atoms with Crippen molar-refractivity contribution in [3.8, 4) is 0 Å². The minimum atomic E-state index is 0.434. The molecule has 0 saturated carbocycles. The van der Waals surface area contributed by atoms with Gasteiger partial charge in [-0.05, 0) is 36.5 Å². The van der Waals surface area contributed by atoms with Crippen LogP contribution in [0.2, 0.25) is 0 Å². The molecule has 2 aromatic rings. The average molecular weight is 248 g/mol. The minimum absolute atomic E-state index is 0.434. The average Bonchev–Trinajstić information content (AvgIpc) is 2.70. The van der Waals surface area contributed by atoms with Crippen molar-refractivity contribution in [2.24, 2.45) is 5.41 Å². The molecule has 0 amide bonds. The van der Waals surface area contributed by atoms with E-state index in [4.69, 9.17) is 0 Å². The van der Waals surface area contributed by atoms with Crippen LogP contribution in [0.5, 0.6) is 0 Å². The van der Waals surface area contributed by atoms with Gasteiger partial charge in [0, 0.05) is 12.2 Å². The van der Waals surface area contributed by atoms with E-state index in [1.807, 2.05) is 5.51 Å². The van der Waals surface area contributed by atoms with Gasteiger partial charge in [0.25, 0.3) is 0 Å². The van der Waals surface area contributed by atoms with Crippen molar-refractivity contribution >= 4 is 27.2 Å². The Morgan fingerprint density at radius 2 is 2.12 bits per heavy atom. The van der Waals surface area contributed by atoms with Crippen LogP contribution in [0, 0.1) is 5.41 Å². The van der Waals surface area contributed by atoms with Crippen LogP contribution in [0.25, 0.3) is 10.2 Å². The molecule has 17 heavy (non-hydrogen) atoms. The third-order valence-corrected chi connectivity index (χ3v) is 3.56. The number of rotatable bonds is 4. The van der Waals surface area contributed by atoms with E-state index in [1.54, 1.807) is 11.3 Å². The van der Waals surface area contributed by atoms with Crippen LogP contribution >= 0.6 is 11.3 Å². The van der Waals surface area contributed by atoms with E-state index in [0.29, 0.717) is 5.41 Å². The molecule has 0 saturated heterocycles. The van der Waals surface area contributed by atoms with Crippen molar-refractivity contribution in [3.63, 3.8) is 0 Å². The van der Waals surface area contributed by atoms with Crippen LogP contribution in [0.3, 0.4) is 0 Å². The van der Waals surface area contributed by atoms with Crippen LogP contribution in [0.1, 0.15) is 33.6 Å². The number of hydrogen-bond acceptors (Lipinski definition) is 3. The first kappa shape index (κ1) is 12.4. The van der Waals surface area contributed by atoms with Crippen LogP contribution in [-0.4, -0.2) is 11.5 Å². The van der Waals surface area contributed by atoms with Crippen molar-refractivity contribution in [1.82, 2.24) is 4.98 Å². The lowest BCUT2D eigenvalue weighted by molar-refractivity contribution is 0.370. The molecule has 0 bridgehead atoms. The summed E-state index contributed by atoms with van der Waals surface area (Å²) in [7, 11) is 0. The number of nitrogens with one attached hydrogen (secondary N) is 1. The summed E-state index contributed by atoms with van der Waals surface area (Å²) in [4.78, 5) is 4.28. The van der Waals surface area contributed by atoms with E-state index >= 15 is 0 Å². The van der Waals surface area contributed by atoms with Gasteiger partial charge < -0.3 is 5.32 Å². The largest absolute Gasteiger partial charge is 0.385 e. The summed E-state index contributed by atoms with van der Waals surface area (Å²) in [6.07, 6.45) is 2.47. The predicted molar refractivity (Wildman–Crippen MR) is 76.8 cm³/mol. The van der Waals surface area contributed by atoms with E-state index in [0.717, 1.165) is 12.1 Å². The summed E-state index contributed by atoms with van der Waals surface area (Å²) in [6, 6.07) is 6.38. The number of benzene rings is 1. The highest BCUT2D eigenvalue weighted by Crippen LogP contribution is 2.23. The fourth-order valence-corrected chi connectivity index (χ4v) is 2.53. The molecule has 0 spiro atoms. The zero-order valence-electron chi connectivity index (χ0n) is 10.8. The van der Waals surface area contributed by atoms with E-state index in [9.17, 15) is 0 Å². The molecule has 0 aliphatic rings. The molecule has 1 aromatic carbocycles. The lowest BCUT2D eigenvalue weighted by Crippen LogP contribution is -2.09. The Morgan fingerprint density at radius 1 is 1.29 bits per heavy atom. The molecule has 0 fully saturated rings. The van der Waals surface area contributed by atoms with E-state index in [1.165, 1.54) is 23.2 Å². The predicted octanol–water partition coefficient (Wildman–Crippen LogP) is 4.53. The van der Waals surface area contributed by atoms with Gasteiger partial charge in [0.1, 0.15) is 0 Å². The first-order valence-electron chi connectivity index (χ1n) is 6.12. The number of fused-ring (bicyclic) bond motifs is 1. The molecule has 1 N–H and O–H groups in total. The molecule has 0 aliphatic carbocycles. The monoisotopic (exact) mass is 248 g/mol. The maximum Gasteiger partial charge on any atom is 0.0813 e. The Bertz CT molecular complexity index is 482. The van der Waals surface area contributed by atoms with Crippen molar-refractivity contribution in [1.29, 1.82) is 0 Å². The lowest BCUT2D eigenvalue weighted by Gasteiger charge is -2.17. The molecular formula is C14H20N2S. The molecule has 0 unspecified atom stereocenters. The molecule has 3 heteroatoms. The molecule has 0 aliphatic heterocycles. The highest BCUT2D eigenvalue weighted by atomic mass is 32.1. The van der Waals surface area contributed by atoms with E-state index in [2.05, 4.69) is 49.3 Å². The van der Waals surface area contributed by atoms with Gasteiger partial charge in [-0.15, -0.1) is 11.3 Å². The Hall–Kier alpha value is -1.09. The standard InChI is InChI=1S/C14H20N2S/c1-14(2,3)7-4-8-15-11-5-6-12-13(9-11)17-10-16-12/h5-6,9-10,15H,4,7-8H2,1-3H3. The lowest BCUT2D eigenvalue weighted by atomic mass is 9.91. The summed E-state index contributed by atoms with van der Waals surface area (Å²) in [6.45, 7) is 7.91. The first-order chi connectivity index (χ1) is 8.04. The summed E-state index contributed by atoms with van der Waals surface area (Å²) < 4.78 is 1.26. The SMILES string of the molecule is CC(C)(C)CCCNc1ccc2ncsc2c1. The summed E-state index contributed by atoms with van der Waals surface area (Å²) in [5.74, 6) is 0. The van der Waals surface area contributed by atoms with Crippen LogP contribution in [0.4, 0.5) is 5.69 Å². The maximum atomic E-state index is 4.28. The van der Waals surface area contributed by atoms with Crippen LogP contribution in [-0.2, 0) is 0 Å². The van der Waals surface area contributed by atoms with Gasteiger partial charge >= 0.3 is 0 Å². The van der Waals surface area contributed by atoms with Crippen LogP contribution < -0.4 is 5.32 Å². The summed E-state index contributed by atoms with van der Waals surface area (Å²) in [5, 5.41) is 3.48. The van der Waals surface area contributed by atoms with Gasteiger partial charge in [0.15, 0.2) is 0 Å². The Kier molecular flexibility index (Phi) is 3.67. The molecule has 1 aromatic heterocycles. The summed E-state index contributed by atoms with van der Waals surface area (Å²) in [5.41, 5.74) is 4.63. The third kappa shape index (κ3) is 3.70. The first-order valence-corrected chi connectivity index (χ1v) is 7.00. The Morgan fingerprint density at radius 3 is 2.88 bits per heavy atom. The molecule has 2 rings (SSSR count). The van der Waals surface area contributed by atoms with Gasteiger partial charge in [0.2, 0.25) is 0 Å². The Balaban J connectivity index is 1.86. The highest BCUT2D eigenvalue weighted by molar-refractivity contribution is 7.16. The fourth-order valence-electron chi connectivity index (χ4n) is 1.82. The number of hydrogen-bond donors (Lipinski definition) is 1. The van der Waals surface area contributed by atoms with E-state index in [-0.39, 0.29) is 0 Å². The van der Waals surface area contributed by atoms with Crippen molar-refractivity contribution < 1.29 is 0 Å². The molecule has 2 nitrogen and oxygen atoms in total. The smallest absolute Gasteiger partial charge is 0.0813 e. The zero-order chi connectivity index (χ0) is 12.3. The van der Waals surface area contributed by atoms with Crippen molar-refractivity contribution in [3.05, 3.63) is 23.7 Å². The normalized spacial score (nSPS) is 11.9. The zero-order valence-corrected chi connectivity index (χ0v) is 11.6. The second-order valence-electron chi connectivity index (χ2n) is 5.63. The number of thiazole rings is 1. The summed E-state index contributed by atoms with van der Waals surface area (Å²) >= 11 is 1.69. The minimum Gasteiger partial charge on any atom is -0.385 e. The van der Waals surface area contributed by atoms with Gasteiger partial charge in [-0.1, -0.05) is 20.8 Å². The second kappa shape index (κ2) is 5.05. The van der Waals surface area contributed by atoms with Crippen molar-refractivity contribution in [2.75, 3.05) is 11.9 Å². The number of anilines is 1. The van der Waals surface area contributed by atoms with E-state index < -0.39 is 0 Å². The Labute approximate surface area is 107 Å². The molecule has 0 atom stereocenters. The number of aromatic nitrogens is 1. The molecule has 0 radical (unpaired) electrons. The number of nitrogens with zero attached hydrogens (tertiary/aromatic N) is 1. The molecule has 1 heterocycles.